The van der Waals surface area contributed by atoms with Gasteiger partial charge in [-0.2, -0.15) is 0 Å². The first-order chi connectivity index (χ1) is 4.27. The van der Waals surface area contributed by atoms with E-state index < -0.39 is 0 Å². The van der Waals surface area contributed by atoms with Crippen LogP contribution in [0.2, 0.25) is 0 Å². The van der Waals surface area contributed by atoms with E-state index in [1.54, 1.807) is 0 Å². The molecule has 0 heteroatoms. The van der Waals surface area contributed by atoms with Crippen LogP contribution >= 0.6 is 0 Å². The Bertz CT molecular complexity index is 101. The molecule has 0 aromatic carbocycles. The molecule has 0 fully saturated rings. The lowest BCUT2D eigenvalue weighted by Crippen LogP contribution is -1.82. The van der Waals surface area contributed by atoms with E-state index in [-0.39, 0.29) is 0 Å². The lowest BCUT2D eigenvalue weighted by atomic mass is 10.1. The highest BCUT2D eigenvalue weighted by Gasteiger charge is 1.90. The van der Waals surface area contributed by atoms with Gasteiger partial charge in [0.1, 0.15) is 0 Å². The molecule has 0 aliphatic heterocycles. The van der Waals surface area contributed by atoms with Gasteiger partial charge in [-0.25, -0.2) is 0 Å². The summed E-state index contributed by atoms with van der Waals surface area (Å²) >= 11 is 0. The maximum absolute atomic E-state index is 3.04. The molecule has 1 radical (unpaired) electrons. The van der Waals surface area contributed by atoms with Crippen LogP contribution in [0.4, 0.5) is 0 Å². The summed E-state index contributed by atoms with van der Waals surface area (Å²) in [5, 5.41) is 0. The summed E-state index contributed by atoms with van der Waals surface area (Å²) < 4.78 is 0. The zero-order valence-corrected chi connectivity index (χ0v) is 6.62. The maximum Gasteiger partial charge on any atom is 0.00887 e. The summed E-state index contributed by atoms with van der Waals surface area (Å²) in [6.45, 7) is 6.22. The molecule has 51 valence electrons. The lowest BCUT2D eigenvalue weighted by molar-refractivity contribution is 0.769. The zero-order chi connectivity index (χ0) is 7.11. The summed E-state index contributed by atoms with van der Waals surface area (Å²) in [6, 6.07) is 0. The number of hydrogen-bond acceptors (Lipinski definition) is 0. The Hall–Kier alpha value is -0.440. The van der Waals surface area contributed by atoms with Crippen molar-refractivity contribution in [3.05, 3.63) is 5.92 Å². The van der Waals surface area contributed by atoms with Crippen molar-refractivity contribution >= 4 is 0 Å². The molecule has 0 bridgehead atoms. The molecule has 0 spiro atoms. The normalized spacial score (nSPS) is 8.89. The van der Waals surface area contributed by atoms with Crippen molar-refractivity contribution in [2.45, 2.75) is 40.0 Å². The Morgan fingerprint density at radius 3 is 2.44 bits per heavy atom. The van der Waals surface area contributed by atoms with Crippen LogP contribution in [0.1, 0.15) is 40.0 Å². The minimum absolute atomic E-state index is 1.06. The average Bonchev–Trinajstić information content (AvgIpc) is 1.80. The van der Waals surface area contributed by atoms with Gasteiger partial charge in [0.15, 0.2) is 0 Å². The highest BCUT2D eigenvalue weighted by atomic mass is 14.0. The van der Waals surface area contributed by atoms with Crippen LogP contribution in [0, 0.1) is 17.8 Å². The third-order valence-corrected chi connectivity index (χ3v) is 1.16. The molecule has 9 heavy (non-hydrogen) atoms. The molecule has 0 atom stereocenters. The second-order valence-corrected chi connectivity index (χ2v) is 2.49. The second kappa shape index (κ2) is 5.69. The first kappa shape index (κ1) is 8.56. The molecule has 0 saturated heterocycles. The number of rotatable bonds is 3. The Morgan fingerprint density at radius 1 is 1.33 bits per heavy atom. The smallest absolute Gasteiger partial charge is 0.00887 e. The topological polar surface area (TPSA) is 0 Å². The van der Waals surface area contributed by atoms with E-state index in [1.165, 1.54) is 18.8 Å². The molecule has 0 heterocycles. The quantitative estimate of drug-likeness (QED) is 0.400. The van der Waals surface area contributed by atoms with Crippen LogP contribution in [0.15, 0.2) is 0 Å². The van der Waals surface area contributed by atoms with Gasteiger partial charge in [-0.05, 0) is 25.7 Å². The summed E-state index contributed by atoms with van der Waals surface area (Å²) in [5.74, 6) is 7.43. The predicted octanol–water partition coefficient (Wildman–Crippen LogP) is 2.79. The van der Waals surface area contributed by atoms with Gasteiger partial charge in [0.25, 0.3) is 0 Å². The van der Waals surface area contributed by atoms with E-state index in [1.807, 2.05) is 6.92 Å². The Labute approximate surface area is 58.7 Å². The molecular formula is C9H15. The fourth-order valence-corrected chi connectivity index (χ4v) is 0.655. The van der Waals surface area contributed by atoms with Crippen molar-refractivity contribution < 1.29 is 0 Å². The van der Waals surface area contributed by atoms with Crippen molar-refractivity contribution in [2.75, 3.05) is 0 Å². The first-order valence-corrected chi connectivity index (χ1v) is 3.46. The van der Waals surface area contributed by atoms with Gasteiger partial charge in [0, 0.05) is 6.42 Å². The Kier molecular flexibility index (Phi) is 5.41. The van der Waals surface area contributed by atoms with Gasteiger partial charge in [0.2, 0.25) is 0 Å². The summed E-state index contributed by atoms with van der Waals surface area (Å²) in [6.07, 6.45) is 3.51. The fraction of sp³-hybridized carbons (Fsp3) is 0.667. The van der Waals surface area contributed by atoms with Crippen molar-refractivity contribution in [3.63, 3.8) is 0 Å². The molecule has 0 amide bonds. The first-order valence-electron chi connectivity index (χ1n) is 3.46. The van der Waals surface area contributed by atoms with Crippen LogP contribution < -0.4 is 0 Å². The summed E-state index contributed by atoms with van der Waals surface area (Å²) in [4.78, 5) is 0. The average molecular weight is 123 g/mol. The van der Waals surface area contributed by atoms with E-state index in [9.17, 15) is 0 Å². The van der Waals surface area contributed by atoms with Crippen molar-refractivity contribution in [1.82, 2.24) is 0 Å². The molecular weight excluding hydrogens is 108 g/mol. The van der Waals surface area contributed by atoms with Gasteiger partial charge in [-0.1, -0.05) is 13.8 Å². The predicted molar refractivity (Wildman–Crippen MR) is 41.9 cm³/mol. The summed E-state index contributed by atoms with van der Waals surface area (Å²) in [5.41, 5.74) is 0. The van der Waals surface area contributed by atoms with Crippen LogP contribution in [-0.4, -0.2) is 0 Å². The van der Waals surface area contributed by atoms with Crippen molar-refractivity contribution in [3.8, 4) is 11.8 Å². The fourth-order valence-electron chi connectivity index (χ4n) is 0.655. The molecule has 0 N–H and O–H groups in total. The second-order valence-electron chi connectivity index (χ2n) is 2.49. The van der Waals surface area contributed by atoms with Gasteiger partial charge in [-0.15, -0.1) is 11.8 Å². The van der Waals surface area contributed by atoms with Gasteiger partial charge in [0.05, 0.1) is 0 Å². The molecule has 0 nitrogen and oxygen atoms in total. The van der Waals surface area contributed by atoms with Crippen LogP contribution in [0.3, 0.4) is 0 Å². The monoisotopic (exact) mass is 123 g/mol. The van der Waals surface area contributed by atoms with E-state index in [0.717, 1.165) is 6.42 Å². The molecule has 0 aromatic heterocycles. The van der Waals surface area contributed by atoms with Crippen LogP contribution in [0.25, 0.3) is 0 Å². The largest absolute Gasteiger partial charge is 0.107 e. The molecule has 0 unspecified atom stereocenters. The minimum Gasteiger partial charge on any atom is -0.107 e. The number of unbranched alkanes of at least 4 members (excludes halogenated alkanes) is 1. The Balaban J connectivity index is 2.98. The lowest BCUT2D eigenvalue weighted by Gasteiger charge is -1.98. The van der Waals surface area contributed by atoms with E-state index in [2.05, 4.69) is 25.7 Å². The highest BCUT2D eigenvalue weighted by molar-refractivity contribution is 4.95. The highest BCUT2D eigenvalue weighted by Crippen LogP contribution is 2.06. The van der Waals surface area contributed by atoms with Gasteiger partial charge < -0.3 is 0 Å². The van der Waals surface area contributed by atoms with Crippen molar-refractivity contribution in [1.29, 1.82) is 0 Å². The summed E-state index contributed by atoms with van der Waals surface area (Å²) in [7, 11) is 0. The van der Waals surface area contributed by atoms with E-state index >= 15 is 0 Å². The van der Waals surface area contributed by atoms with Crippen molar-refractivity contribution in [2.24, 2.45) is 0 Å². The molecule has 0 saturated carbocycles. The molecule has 0 aromatic rings. The standard InChI is InChI=1S/C9H15/c1-4-5-6-7-8-9(2)3/h6-8H2,1-3H3. The maximum atomic E-state index is 3.04. The molecule has 0 aliphatic rings. The molecule has 0 aliphatic carbocycles. The van der Waals surface area contributed by atoms with Gasteiger partial charge >= 0.3 is 0 Å². The Morgan fingerprint density at radius 2 is 2.00 bits per heavy atom. The van der Waals surface area contributed by atoms with Crippen LogP contribution in [-0.2, 0) is 0 Å². The van der Waals surface area contributed by atoms with E-state index in [4.69, 9.17) is 0 Å². The van der Waals surface area contributed by atoms with Crippen LogP contribution in [0.5, 0.6) is 0 Å². The molecule has 0 rings (SSSR count). The third-order valence-electron chi connectivity index (χ3n) is 1.16. The zero-order valence-electron chi connectivity index (χ0n) is 6.62. The minimum atomic E-state index is 1.06. The van der Waals surface area contributed by atoms with Gasteiger partial charge in [-0.3, -0.25) is 0 Å². The third kappa shape index (κ3) is 7.56. The SMILES string of the molecule is CC#CCCC[C](C)C. The van der Waals surface area contributed by atoms with E-state index in [0.29, 0.717) is 0 Å². The number of hydrogen-bond donors (Lipinski definition) is 0.